The van der Waals surface area contributed by atoms with Crippen LogP contribution in [0.5, 0.6) is 0 Å². The highest BCUT2D eigenvalue weighted by molar-refractivity contribution is 7.99. The fourth-order valence-corrected chi connectivity index (χ4v) is 4.64. The van der Waals surface area contributed by atoms with E-state index in [4.69, 9.17) is 0 Å². The van der Waals surface area contributed by atoms with Crippen LogP contribution >= 0.6 is 11.8 Å². The van der Waals surface area contributed by atoms with Gasteiger partial charge in [-0.25, -0.2) is 0 Å². The third-order valence-corrected chi connectivity index (χ3v) is 6.19. The first-order valence-corrected chi connectivity index (χ1v) is 10.5. The fourth-order valence-electron chi connectivity index (χ4n) is 3.52. The molecule has 0 aromatic heterocycles. The number of nitro benzene ring substituents is 1. The van der Waals surface area contributed by atoms with Gasteiger partial charge in [-0.3, -0.25) is 19.7 Å². The zero-order valence-electron chi connectivity index (χ0n) is 16.9. The Morgan fingerprint density at radius 3 is 2.58 bits per heavy atom. The molecule has 2 amide bonds. The summed E-state index contributed by atoms with van der Waals surface area (Å²) >= 11 is 1.48. The van der Waals surface area contributed by atoms with Gasteiger partial charge in [0.05, 0.1) is 16.2 Å². The van der Waals surface area contributed by atoms with E-state index in [9.17, 15) is 19.7 Å². The van der Waals surface area contributed by atoms with Crippen LogP contribution in [0.1, 0.15) is 33.2 Å². The van der Waals surface area contributed by atoms with Crippen molar-refractivity contribution in [1.29, 1.82) is 0 Å². The van der Waals surface area contributed by atoms with Crippen LogP contribution in [0.15, 0.2) is 70.5 Å². The maximum atomic E-state index is 13.0. The lowest BCUT2D eigenvalue weighted by molar-refractivity contribution is -0.385. The summed E-state index contributed by atoms with van der Waals surface area (Å²) < 4.78 is 0. The molecule has 0 bridgehead atoms. The van der Waals surface area contributed by atoms with Crippen LogP contribution in [0.4, 0.5) is 17.1 Å². The van der Waals surface area contributed by atoms with Crippen LogP contribution in [0.25, 0.3) is 0 Å². The molecular weight excluding hydrogens is 414 g/mol. The monoisotopic (exact) mass is 433 g/mol. The van der Waals surface area contributed by atoms with Crippen molar-refractivity contribution in [3.8, 4) is 0 Å². The molecule has 0 aliphatic carbocycles. The van der Waals surface area contributed by atoms with E-state index < -0.39 is 4.92 Å². The first-order valence-electron chi connectivity index (χ1n) is 9.68. The number of nitro groups is 1. The average Bonchev–Trinajstić information content (AvgIpc) is 2.86. The number of amides is 2. The number of rotatable bonds is 4. The van der Waals surface area contributed by atoms with Crippen LogP contribution in [-0.2, 0) is 0 Å². The van der Waals surface area contributed by atoms with Crippen molar-refractivity contribution in [1.82, 2.24) is 0 Å². The van der Waals surface area contributed by atoms with E-state index in [1.807, 2.05) is 43.3 Å². The van der Waals surface area contributed by atoms with Gasteiger partial charge in [-0.15, -0.1) is 0 Å². The summed E-state index contributed by atoms with van der Waals surface area (Å²) in [6.45, 7) is 4.04. The minimum Gasteiger partial charge on any atom is -0.322 e. The highest BCUT2D eigenvalue weighted by Crippen LogP contribution is 2.42. The van der Waals surface area contributed by atoms with Gasteiger partial charge >= 0.3 is 0 Å². The summed E-state index contributed by atoms with van der Waals surface area (Å²) in [5.41, 5.74) is 2.75. The van der Waals surface area contributed by atoms with Gasteiger partial charge in [0.2, 0.25) is 0 Å². The van der Waals surface area contributed by atoms with Gasteiger partial charge in [0.25, 0.3) is 17.5 Å². The molecule has 0 saturated heterocycles. The van der Waals surface area contributed by atoms with E-state index in [1.165, 1.54) is 30.0 Å². The first-order chi connectivity index (χ1) is 14.9. The molecule has 3 aromatic carbocycles. The zero-order valence-corrected chi connectivity index (χ0v) is 17.7. The quantitative estimate of drug-likeness (QED) is 0.446. The van der Waals surface area contributed by atoms with Crippen molar-refractivity contribution in [2.45, 2.75) is 23.6 Å². The van der Waals surface area contributed by atoms with Gasteiger partial charge in [0, 0.05) is 39.2 Å². The lowest BCUT2D eigenvalue weighted by Crippen LogP contribution is -2.30. The maximum Gasteiger partial charge on any atom is 0.272 e. The van der Waals surface area contributed by atoms with Crippen molar-refractivity contribution in [2.75, 3.05) is 16.8 Å². The molecule has 1 N–H and O–H groups in total. The molecular formula is C23H19N3O4S. The van der Waals surface area contributed by atoms with Crippen LogP contribution in [0, 0.1) is 17.0 Å². The lowest BCUT2D eigenvalue weighted by atomic mass is 10.1. The van der Waals surface area contributed by atoms with Gasteiger partial charge in [-0.1, -0.05) is 23.9 Å². The molecule has 0 radical (unpaired) electrons. The lowest BCUT2D eigenvalue weighted by Gasteiger charge is -2.21. The number of nitrogens with zero attached hydrogens (tertiary/aromatic N) is 2. The number of anilines is 2. The number of carbonyl (C=O) groups is 2. The molecule has 1 aliphatic heterocycles. The van der Waals surface area contributed by atoms with Crippen LogP contribution in [0.2, 0.25) is 0 Å². The molecule has 3 aromatic rings. The minimum atomic E-state index is -0.473. The molecule has 4 rings (SSSR count). The third kappa shape index (κ3) is 3.89. The molecule has 0 fully saturated rings. The van der Waals surface area contributed by atoms with E-state index in [2.05, 4.69) is 5.32 Å². The van der Waals surface area contributed by atoms with Gasteiger partial charge in [0.1, 0.15) is 0 Å². The second-order valence-corrected chi connectivity index (χ2v) is 8.13. The summed E-state index contributed by atoms with van der Waals surface area (Å²) in [7, 11) is 0. The molecule has 1 heterocycles. The standard InChI is InChI=1S/C23H19N3O4S/c1-3-25-19-11-9-16(13-21(19)31-20-7-5-4-6-17(20)23(25)28)24-22(27)15-8-10-18(26(29)30)14(2)12-15/h4-13H,3H2,1-2H3,(H,24,27). The van der Waals surface area contributed by atoms with E-state index >= 15 is 0 Å². The van der Waals surface area contributed by atoms with Crippen LogP contribution < -0.4 is 10.2 Å². The number of benzene rings is 3. The Hall–Kier alpha value is -3.65. The summed E-state index contributed by atoms with van der Waals surface area (Å²) in [5, 5.41) is 13.8. The Kier molecular flexibility index (Phi) is 5.48. The summed E-state index contributed by atoms with van der Waals surface area (Å²) in [6.07, 6.45) is 0. The van der Waals surface area contributed by atoms with Gasteiger partial charge in [-0.2, -0.15) is 0 Å². The molecule has 0 atom stereocenters. The van der Waals surface area contributed by atoms with Crippen LogP contribution in [0.3, 0.4) is 0 Å². The van der Waals surface area contributed by atoms with Gasteiger partial charge in [-0.05, 0) is 56.3 Å². The fraction of sp³-hybridized carbons (Fsp3) is 0.130. The summed E-state index contributed by atoms with van der Waals surface area (Å²) in [4.78, 5) is 39.6. The maximum absolute atomic E-state index is 13.0. The highest BCUT2D eigenvalue weighted by atomic mass is 32.2. The van der Waals surface area contributed by atoms with E-state index in [0.717, 1.165) is 15.5 Å². The molecule has 0 unspecified atom stereocenters. The Bertz CT molecular complexity index is 1230. The second-order valence-electron chi connectivity index (χ2n) is 7.04. The van der Waals surface area contributed by atoms with Gasteiger partial charge in [0.15, 0.2) is 0 Å². The molecule has 0 spiro atoms. The third-order valence-electron chi connectivity index (χ3n) is 5.06. The Balaban J connectivity index is 1.65. The molecule has 156 valence electrons. The van der Waals surface area contributed by atoms with E-state index in [1.54, 1.807) is 17.9 Å². The van der Waals surface area contributed by atoms with E-state index in [-0.39, 0.29) is 17.5 Å². The first kappa shape index (κ1) is 20.6. The Morgan fingerprint density at radius 2 is 1.87 bits per heavy atom. The predicted molar refractivity (Wildman–Crippen MR) is 120 cm³/mol. The molecule has 0 saturated carbocycles. The largest absolute Gasteiger partial charge is 0.322 e. The normalized spacial score (nSPS) is 12.6. The van der Waals surface area contributed by atoms with Crippen molar-refractivity contribution in [3.05, 3.63) is 87.5 Å². The number of hydrogen-bond acceptors (Lipinski definition) is 5. The minimum absolute atomic E-state index is 0.0269. The number of hydrogen-bond donors (Lipinski definition) is 1. The number of nitrogens with one attached hydrogen (secondary N) is 1. The Labute approximate surface area is 183 Å². The SMILES string of the molecule is CCN1C(=O)c2ccccc2Sc2cc(NC(=O)c3ccc([N+](=O)[O-])c(C)c3)ccc21. The van der Waals surface area contributed by atoms with Crippen molar-refractivity contribution in [3.63, 3.8) is 0 Å². The van der Waals surface area contributed by atoms with Crippen molar-refractivity contribution in [2.24, 2.45) is 0 Å². The molecule has 31 heavy (non-hydrogen) atoms. The highest BCUT2D eigenvalue weighted by Gasteiger charge is 2.26. The summed E-state index contributed by atoms with van der Waals surface area (Å²) in [5.74, 6) is -0.414. The molecule has 7 nitrogen and oxygen atoms in total. The smallest absolute Gasteiger partial charge is 0.272 e. The van der Waals surface area contributed by atoms with Crippen molar-refractivity contribution < 1.29 is 14.5 Å². The van der Waals surface area contributed by atoms with Gasteiger partial charge < -0.3 is 10.2 Å². The van der Waals surface area contributed by atoms with E-state index in [0.29, 0.717) is 28.9 Å². The van der Waals surface area contributed by atoms with Crippen LogP contribution in [-0.4, -0.2) is 23.3 Å². The summed E-state index contributed by atoms with van der Waals surface area (Å²) in [6, 6.07) is 17.2. The zero-order chi connectivity index (χ0) is 22.1. The van der Waals surface area contributed by atoms with Crippen molar-refractivity contribution >= 4 is 40.6 Å². The predicted octanol–water partition coefficient (Wildman–Crippen LogP) is 5.29. The topological polar surface area (TPSA) is 92.6 Å². The average molecular weight is 433 g/mol. The second kappa shape index (κ2) is 8.23. The Morgan fingerprint density at radius 1 is 1.10 bits per heavy atom. The molecule has 1 aliphatic rings. The number of carbonyl (C=O) groups excluding carboxylic acids is 2. The number of fused-ring (bicyclic) bond motifs is 2. The number of aryl methyl sites for hydroxylation is 1. The molecule has 8 heteroatoms.